The molecule has 1 aromatic carbocycles. The monoisotopic (exact) mass is 327 g/mol. The van der Waals surface area contributed by atoms with Crippen molar-refractivity contribution in [3.8, 4) is 0 Å². The van der Waals surface area contributed by atoms with Crippen LogP contribution in [0.5, 0.6) is 0 Å². The van der Waals surface area contributed by atoms with Gasteiger partial charge in [-0.15, -0.1) is 0 Å². The van der Waals surface area contributed by atoms with Gasteiger partial charge in [0.1, 0.15) is 5.82 Å². The van der Waals surface area contributed by atoms with Crippen molar-refractivity contribution in [2.24, 2.45) is 5.92 Å². The Labute approximate surface area is 122 Å². The Morgan fingerprint density at radius 2 is 2.16 bits per heavy atom. The Morgan fingerprint density at radius 3 is 2.79 bits per heavy atom. The molecule has 0 aromatic heterocycles. The third-order valence-electron chi connectivity index (χ3n) is 3.94. The van der Waals surface area contributed by atoms with E-state index < -0.39 is 0 Å². The minimum absolute atomic E-state index is 0.0280. The van der Waals surface area contributed by atoms with E-state index in [9.17, 15) is 9.18 Å². The zero-order valence-corrected chi connectivity index (χ0v) is 12.9. The van der Waals surface area contributed by atoms with Crippen LogP contribution in [0.3, 0.4) is 0 Å². The lowest BCUT2D eigenvalue weighted by molar-refractivity contribution is 0.0672. The van der Waals surface area contributed by atoms with Gasteiger partial charge in [0.2, 0.25) is 0 Å². The molecule has 0 saturated heterocycles. The van der Waals surface area contributed by atoms with Crippen molar-refractivity contribution in [2.45, 2.75) is 38.6 Å². The van der Waals surface area contributed by atoms with E-state index in [1.54, 1.807) is 12.1 Å². The minimum atomic E-state index is -0.342. The van der Waals surface area contributed by atoms with Crippen LogP contribution in [0.1, 0.15) is 43.0 Å². The zero-order valence-electron chi connectivity index (χ0n) is 11.3. The fourth-order valence-electron chi connectivity index (χ4n) is 2.75. The second-order valence-electron chi connectivity index (χ2n) is 5.47. The Hall–Kier alpha value is -0.900. The predicted molar refractivity (Wildman–Crippen MR) is 77.6 cm³/mol. The second-order valence-corrected chi connectivity index (χ2v) is 6.32. The molecule has 2 unspecified atom stereocenters. The van der Waals surface area contributed by atoms with E-state index in [0.29, 0.717) is 22.0 Å². The molecular formula is C15H19BrFNO. The topological polar surface area (TPSA) is 20.3 Å². The number of hydrogen-bond acceptors (Lipinski definition) is 1. The van der Waals surface area contributed by atoms with Crippen LogP contribution in [0.25, 0.3) is 0 Å². The molecule has 2 nitrogen and oxygen atoms in total. The zero-order chi connectivity index (χ0) is 14.0. The summed E-state index contributed by atoms with van der Waals surface area (Å²) in [4.78, 5) is 14.2. The number of carbonyl (C=O) groups is 1. The summed E-state index contributed by atoms with van der Waals surface area (Å²) in [6.07, 6.45) is 4.55. The van der Waals surface area contributed by atoms with Gasteiger partial charge in [-0.2, -0.15) is 0 Å². The van der Waals surface area contributed by atoms with Crippen molar-refractivity contribution < 1.29 is 9.18 Å². The highest BCUT2D eigenvalue weighted by Crippen LogP contribution is 2.28. The van der Waals surface area contributed by atoms with E-state index in [0.717, 1.165) is 12.8 Å². The SMILES string of the molecule is CC1CCCC(N(C)C(=O)c2ccc(F)c(Br)c2)C1. The van der Waals surface area contributed by atoms with Gasteiger partial charge >= 0.3 is 0 Å². The molecule has 1 aliphatic carbocycles. The Kier molecular flexibility index (Phi) is 4.61. The average molecular weight is 328 g/mol. The first kappa shape index (κ1) is 14.5. The van der Waals surface area contributed by atoms with Crippen LogP contribution in [-0.4, -0.2) is 23.9 Å². The summed E-state index contributed by atoms with van der Waals surface area (Å²) in [5.41, 5.74) is 0.536. The minimum Gasteiger partial charge on any atom is -0.339 e. The van der Waals surface area contributed by atoms with Gasteiger partial charge in [-0.1, -0.05) is 19.8 Å². The van der Waals surface area contributed by atoms with Crippen molar-refractivity contribution in [1.82, 2.24) is 4.90 Å². The number of hydrogen-bond donors (Lipinski definition) is 0. The predicted octanol–water partition coefficient (Wildman–Crippen LogP) is 4.24. The maximum Gasteiger partial charge on any atom is 0.253 e. The van der Waals surface area contributed by atoms with Crippen molar-refractivity contribution >= 4 is 21.8 Å². The van der Waals surface area contributed by atoms with Crippen molar-refractivity contribution in [3.05, 3.63) is 34.1 Å². The highest BCUT2D eigenvalue weighted by atomic mass is 79.9. The number of rotatable bonds is 2. The van der Waals surface area contributed by atoms with Gasteiger partial charge < -0.3 is 4.90 Å². The lowest BCUT2D eigenvalue weighted by Crippen LogP contribution is -2.39. The van der Waals surface area contributed by atoms with E-state index in [2.05, 4.69) is 22.9 Å². The third kappa shape index (κ3) is 3.35. The molecule has 104 valence electrons. The largest absolute Gasteiger partial charge is 0.339 e. The molecule has 4 heteroatoms. The summed E-state index contributed by atoms with van der Waals surface area (Å²) in [5, 5.41) is 0. The van der Waals surface area contributed by atoms with Gasteiger partial charge in [-0.05, 0) is 52.9 Å². The Balaban J connectivity index is 2.11. The quantitative estimate of drug-likeness (QED) is 0.795. The Morgan fingerprint density at radius 1 is 1.42 bits per heavy atom. The average Bonchev–Trinajstić information content (AvgIpc) is 2.40. The Bertz CT molecular complexity index is 477. The van der Waals surface area contributed by atoms with Crippen LogP contribution in [0.2, 0.25) is 0 Å². The lowest BCUT2D eigenvalue weighted by Gasteiger charge is -2.34. The lowest BCUT2D eigenvalue weighted by atomic mass is 9.86. The second kappa shape index (κ2) is 6.04. The molecule has 19 heavy (non-hydrogen) atoms. The molecule has 0 bridgehead atoms. The van der Waals surface area contributed by atoms with E-state index >= 15 is 0 Å². The van der Waals surface area contributed by atoms with Crippen molar-refractivity contribution in [1.29, 1.82) is 0 Å². The smallest absolute Gasteiger partial charge is 0.253 e. The fourth-order valence-corrected chi connectivity index (χ4v) is 3.13. The third-order valence-corrected chi connectivity index (χ3v) is 4.55. The molecule has 0 aliphatic heterocycles. The first-order chi connectivity index (χ1) is 8.99. The molecule has 1 aromatic rings. The maximum absolute atomic E-state index is 13.2. The van der Waals surface area contributed by atoms with Gasteiger partial charge in [0.25, 0.3) is 5.91 Å². The van der Waals surface area contributed by atoms with Gasteiger partial charge in [-0.25, -0.2) is 4.39 Å². The van der Waals surface area contributed by atoms with Gasteiger partial charge in [0.15, 0.2) is 0 Å². The number of amides is 1. The van der Waals surface area contributed by atoms with E-state index in [1.807, 2.05) is 11.9 Å². The molecular weight excluding hydrogens is 309 g/mol. The van der Waals surface area contributed by atoms with Crippen molar-refractivity contribution in [2.75, 3.05) is 7.05 Å². The van der Waals surface area contributed by atoms with Crippen LogP contribution in [0.15, 0.2) is 22.7 Å². The highest BCUT2D eigenvalue weighted by Gasteiger charge is 2.26. The molecule has 0 spiro atoms. The van der Waals surface area contributed by atoms with E-state index in [-0.39, 0.29) is 11.7 Å². The summed E-state index contributed by atoms with van der Waals surface area (Å²) in [5.74, 6) is 0.305. The molecule has 0 radical (unpaired) electrons. The molecule has 0 N–H and O–H groups in total. The number of halogens is 2. The van der Waals surface area contributed by atoms with Crippen LogP contribution < -0.4 is 0 Å². The fraction of sp³-hybridized carbons (Fsp3) is 0.533. The molecule has 0 heterocycles. The van der Waals surface area contributed by atoms with E-state index in [4.69, 9.17) is 0 Å². The summed E-state index contributed by atoms with van der Waals surface area (Å²) in [6.45, 7) is 2.24. The van der Waals surface area contributed by atoms with Crippen LogP contribution >= 0.6 is 15.9 Å². The van der Waals surface area contributed by atoms with E-state index in [1.165, 1.54) is 18.9 Å². The summed E-state index contributed by atoms with van der Waals surface area (Å²) < 4.78 is 13.5. The van der Waals surface area contributed by atoms with Gasteiger partial charge in [-0.3, -0.25) is 4.79 Å². The standard InChI is InChI=1S/C15H19BrFNO/c1-10-4-3-5-12(8-10)18(2)15(19)11-6-7-14(17)13(16)9-11/h6-7,9-10,12H,3-5,8H2,1-2H3. The van der Waals surface area contributed by atoms with Gasteiger partial charge in [0.05, 0.1) is 4.47 Å². The van der Waals surface area contributed by atoms with Crippen LogP contribution in [0, 0.1) is 11.7 Å². The first-order valence-corrected chi connectivity index (χ1v) is 7.50. The highest BCUT2D eigenvalue weighted by molar-refractivity contribution is 9.10. The molecule has 1 aliphatic rings. The van der Waals surface area contributed by atoms with Crippen LogP contribution in [0.4, 0.5) is 4.39 Å². The summed E-state index contributed by atoms with van der Waals surface area (Å²) in [7, 11) is 1.85. The molecule has 1 fully saturated rings. The number of nitrogens with zero attached hydrogens (tertiary/aromatic N) is 1. The molecule has 2 rings (SSSR count). The maximum atomic E-state index is 13.2. The van der Waals surface area contributed by atoms with Crippen molar-refractivity contribution in [3.63, 3.8) is 0 Å². The van der Waals surface area contributed by atoms with Gasteiger partial charge in [0, 0.05) is 18.7 Å². The summed E-state index contributed by atoms with van der Waals surface area (Å²) >= 11 is 3.12. The number of carbonyl (C=O) groups excluding carboxylic acids is 1. The van der Waals surface area contributed by atoms with Crippen LogP contribution in [-0.2, 0) is 0 Å². The molecule has 1 amide bonds. The molecule has 1 saturated carbocycles. The molecule has 2 atom stereocenters. The first-order valence-electron chi connectivity index (χ1n) is 6.71. The summed E-state index contributed by atoms with van der Waals surface area (Å²) in [6, 6.07) is 4.74. The normalized spacial score (nSPS) is 23.2. The number of benzene rings is 1.